The van der Waals surface area contributed by atoms with Crippen LogP contribution in [0.2, 0.25) is 0 Å². The van der Waals surface area contributed by atoms with Crippen LogP contribution in [0.15, 0.2) is 23.1 Å². The lowest BCUT2D eigenvalue weighted by Gasteiger charge is -2.17. The van der Waals surface area contributed by atoms with Crippen molar-refractivity contribution in [2.75, 3.05) is 0 Å². The molecule has 0 radical (unpaired) electrons. The van der Waals surface area contributed by atoms with Crippen molar-refractivity contribution in [1.29, 1.82) is 0 Å². The Bertz CT molecular complexity index is 589. The Labute approximate surface area is 125 Å². The number of aliphatic hydroxyl groups excluding tert-OH is 1. The Kier molecular flexibility index (Phi) is 5.35. The predicted octanol–water partition coefficient (Wildman–Crippen LogP) is 2.57. The van der Waals surface area contributed by atoms with E-state index in [4.69, 9.17) is 5.11 Å². The van der Waals surface area contributed by atoms with E-state index in [1.54, 1.807) is 0 Å². The van der Waals surface area contributed by atoms with Gasteiger partial charge in [0.2, 0.25) is 10.0 Å². The molecule has 1 aromatic rings. The van der Waals surface area contributed by atoms with Crippen LogP contribution in [0, 0.1) is 11.7 Å². The minimum Gasteiger partial charge on any atom is -0.392 e. The van der Waals surface area contributed by atoms with Crippen molar-refractivity contribution in [3.8, 4) is 0 Å². The maximum Gasteiger partial charge on any atom is 0.240 e. The zero-order valence-corrected chi connectivity index (χ0v) is 13.0. The summed E-state index contributed by atoms with van der Waals surface area (Å²) in [6, 6.07) is 3.44. The van der Waals surface area contributed by atoms with Gasteiger partial charge in [-0.25, -0.2) is 17.5 Å². The highest BCUT2D eigenvalue weighted by Crippen LogP contribution is 2.24. The van der Waals surface area contributed by atoms with E-state index in [0.717, 1.165) is 38.2 Å². The summed E-state index contributed by atoms with van der Waals surface area (Å²) < 4.78 is 40.8. The van der Waals surface area contributed by atoms with Crippen molar-refractivity contribution in [1.82, 2.24) is 4.72 Å². The first kappa shape index (κ1) is 16.4. The summed E-state index contributed by atoms with van der Waals surface area (Å²) in [5.41, 5.74) is -0.00707. The normalized spacial score (nSPS) is 23.8. The number of rotatable bonds is 4. The van der Waals surface area contributed by atoms with Gasteiger partial charge < -0.3 is 5.11 Å². The molecule has 2 unspecified atom stereocenters. The number of nitrogens with one attached hydrogen (secondary N) is 1. The van der Waals surface area contributed by atoms with E-state index in [1.165, 1.54) is 12.1 Å². The highest BCUT2D eigenvalue weighted by atomic mass is 32.2. The fourth-order valence-electron chi connectivity index (χ4n) is 2.73. The van der Waals surface area contributed by atoms with E-state index < -0.39 is 22.4 Å². The number of hydrogen-bond donors (Lipinski definition) is 2. The molecular formula is C15H22FNO3S. The Balaban J connectivity index is 2.14. The summed E-state index contributed by atoms with van der Waals surface area (Å²) >= 11 is 0. The van der Waals surface area contributed by atoms with Crippen LogP contribution in [0.4, 0.5) is 4.39 Å². The first-order valence-corrected chi connectivity index (χ1v) is 8.82. The number of hydrogen-bond acceptors (Lipinski definition) is 3. The molecule has 1 fully saturated rings. The molecule has 1 saturated carbocycles. The van der Waals surface area contributed by atoms with Crippen molar-refractivity contribution in [2.24, 2.45) is 5.92 Å². The molecule has 2 rings (SSSR count). The second-order valence-electron chi connectivity index (χ2n) is 5.84. The van der Waals surface area contributed by atoms with E-state index in [9.17, 15) is 12.8 Å². The van der Waals surface area contributed by atoms with Crippen LogP contribution >= 0.6 is 0 Å². The predicted molar refractivity (Wildman–Crippen MR) is 78.7 cm³/mol. The molecule has 0 amide bonds. The fraction of sp³-hybridized carbons (Fsp3) is 0.600. The van der Waals surface area contributed by atoms with E-state index in [-0.39, 0.29) is 16.5 Å². The topological polar surface area (TPSA) is 66.4 Å². The van der Waals surface area contributed by atoms with E-state index in [0.29, 0.717) is 5.92 Å². The SMILES string of the molecule is CC1CCCC(NS(=O)(=O)c2ccc(F)c(CO)c2)CC1. The maximum absolute atomic E-state index is 13.3. The number of benzene rings is 1. The molecule has 1 aliphatic carbocycles. The van der Waals surface area contributed by atoms with Crippen molar-refractivity contribution < 1.29 is 17.9 Å². The third-order valence-electron chi connectivity index (χ3n) is 4.08. The van der Waals surface area contributed by atoms with Crippen molar-refractivity contribution in [3.63, 3.8) is 0 Å². The van der Waals surface area contributed by atoms with Gasteiger partial charge >= 0.3 is 0 Å². The molecule has 0 heterocycles. The monoisotopic (exact) mass is 315 g/mol. The largest absolute Gasteiger partial charge is 0.392 e. The molecule has 21 heavy (non-hydrogen) atoms. The van der Waals surface area contributed by atoms with Gasteiger partial charge in [0.1, 0.15) is 5.82 Å². The van der Waals surface area contributed by atoms with Crippen LogP contribution in [-0.4, -0.2) is 19.6 Å². The van der Waals surface area contributed by atoms with Gasteiger partial charge in [-0.3, -0.25) is 0 Å². The van der Waals surface area contributed by atoms with Crippen LogP contribution in [0.1, 0.15) is 44.6 Å². The van der Waals surface area contributed by atoms with Crippen LogP contribution in [0.25, 0.3) is 0 Å². The van der Waals surface area contributed by atoms with Gasteiger partial charge in [0.25, 0.3) is 0 Å². The minimum atomic E-state index is -3.67. The molecule has 1 aromatic carbocycles. The van der Waals surface area contributed by atoms with Crippen LogP contribution in [0.3, 0.4) is 0 Å². The van der Waals surface area contributed by atoms with Crippen LogP contribution in [0.5, 0.6) is 0 Å². The van der Waals surface area contributed by atoms with Gasteiger partial charge in [0.05, 0.1) is 11.5 Å². The van der Waals surface area contributed by atoms with Gasteiger partial charge in [-0.05, 0) is 43.4 Å². The van der Waals surface area contributed by atoms with Gasteiger partial charge in [-0.15, -0.1) is 0 Å². The smallest absolute Gasteiger partial charge is 0.240 e. The third-order valence-corrected chi connectivity index (χ3v) is 5.60. The standard InChI is InChI=1S/C15H22FNO3S/c1-11-3-2-4-13(6-5-11)17-21(19,20)14-7-8-15(16)12(9-14)10-18/h7-9,11,13,17-18H,2-6,10H2,1H3. The third kappa shape index (κ3) is 4.25. The lowest BCUT2D eigenvalue weighted by atomic mass is 10.0. The lowest BCUT2D eigenvalue weighted by Crippen LogP contribution is -2.34. The van der Waals surface area contributed by atoms with E-state index in [1.807, 2.05) is 0 Å². The Morgan fingerprint density at radius 1 is 1.29 bits per heavy atom. The molecule has 1 aliphatic rings. The summed E-state index contributed by atoms with van der Waals surface area (Å²) in [6.45, 7) is 1.67. The summed E-state index contributed by atoms with van der Waals surface area (Å²) in [7, 11) is -3.67. The maximum atomic E-state index is 13.3. The van der Waals surface area contributed by atoms with Crippen LogP contribution < -0.4 is 4.72 Å². The molecular weight excluding hydrogens is 293 g/mol. The van der Waals surface area contributed by atoms with Gasteiger partial charge in [-0.2, -0.15) is 0 Å². The quantitative estimate of drug-likeness (QED) is 0.839. The Morgan fingerprint density at radius 2 is 2.05 bits per heavy atom. The molecule has 118 valence electrons. The average Bonchev–Trinajstić information content (AvgIpc) is 2.63. The zero-order chi connectivity index (χ0) is 15.5. The molecule has 4 nitrogen and oxygen atoms in total. The van der Waals surface area contributed by atoms with Crippen molar-refractivity contribution in [3.05, 3.63) is 29.6 Å². The summed E-state index contributed by atoms with van der Waals surface area (Å²) in [5.74, 6) is 0.0334. The minimum absolute atomic E-state index is 0.00486. The highest BCUT2D eigenvalue weighted by Gasteiger charge is 2.23. The van der Waals surface area contributed by atoms with Gasteiger partial charge in [-0.1, -0.05) is 19.8 Å². The molecule has 2 atom stereocenters. The number of sulfonamides is 1. The molecule has 6 heteroatoms. The first-order chi connectivity index (χ1) is 9.92. The number of aliphatic hydroxyl groups is 1. The fourth-order valence-corrected chi connectivity index (χ4v) is 4.09. The molecule has 0 aromatic heterocycles. The Morgan fingerprint density at radius 3 is 2.76 bits per heavy atom. The second-order valence-corrected chi connectivity index (χ2v) is 7.56. The highest BCUT2D eigenvalue weighted by molar-refractivity contribution is 7.89. The second kappa shape index (κ2) is 6.85. The van der Waals surface area contributed by atoms with Crippen LogP contribution in [-0.2, 0) is 16.6 Å². The van der Waals surface area contributed by atoms with Crippen molar-refractivity contribution >= 4 is 10.0 Å². The molecule has 0 aliphatic heterocycles. The molecule has 0 spiro atoms. The number of halogens is 1. The Hall–Kier alpha value is -0.980. The van der Waals surface area contributed by atoms with E-state index in [2.05, 4.69) is 11.6 Å². The van der Waals surface area contributed by atoms with E-state index >= 15 is 0 Å². The zero-order valence-electron chi connectivity index (χ0n) is 12.2. The molecule has 0 bridgehead atoms. The summed E-state index contributed by atoms with van der Waals surface area (Å²) in [6.07, 6.45) is 4.81. The van der Waals surface area contributed by atoms with Gasteiger partial charge in [0, 0.05) is 11.6 Å². The van der Waals surface area contributed by atoms with Crippen molar-refractivity contribution in [2.45, 2.75) is 56.6 Å². The average molecular weight is 315 g/mol. The summed E-state index contributed by atoms with van der Waals surface area (Å²) in [5, 5.41) is 9.04. The lowest BCUT2D eigenvalue weighted by molar-refractivity contribution is 0.275. The molecule has 2 N–H and O–H groups in total. The first-order valence-electron chi connectivity index (χ1n) is 7.34. The summed E-state index contributed by atoms with van der Waals surface area (Å²) in [4.78, 5) is 0.00486. The van der Waals surface area contributed by atoms with Gasteiger partial charge in [0.15, 0.2) is 0 Å². The molecule has 0 saturated heterocycles.